The standard InChI is InChI=1S/C18H25ClN2O2S/c19-15-7-3-4-8-16(15)24-14-10-17(22)20-11-6-13-21-12-5-1-2-9-18(21)23/h3-4,7-8H,1-2,5-6,9-14H2,(H,20,22). The summed E-state index contributed by atoms with van der Waals surface area (Å²) in [6.45, 7) is 2.23. The second-order valence-corrected chi connectivity index (χ2v) is 7.47. The Labute approximate surface area is 153 Å². The lowest BCUT2D eigenvalue weighted by atomic mass is 10.2. The summed E-state index contributed by atoms with van der Waals surface area (Å²) in [6.07, 6.45) is 5.20. The third kappa shape index (κ3) is 6.73. The molecule has 1 aliphatic rings. The Morgan fingerprint density at radius 1 is 1.25 bits per heavy atom. The molecule has 1 aromatic rings. The van der Waals surface area contributed by atoms with E-state index in [9.17, 15) is 9.59 Å². The Balaban J connectivity index is 1.56. The minimum absolute atomic E-state index is 0.0525. The Morgan fingerprint density at radius 2 is 2.08 bits per heavy atom. The summed E-state index contributed by atoms with van der Waals surface area (Å²) in [6, 6.07) is 7.66. The predicted molar refractivity (Wildman–Crippen MR) is 99.5 cm³/mol. The van der Waals surface area contributed by atoms with Crippen LogP contribution < -0.4 is 5.32 Å². The number of carbonyl (C=O) groups excluding carboxylic acids is 2. The monoisotopic (exact) mass is 368 g/mol. The number of thioether (sulfide) groups is 1. The largest absolute Gasteiger partial charge is 0.356 e. The van der Waals surface area contributed by atoms with Gasteiger partial charge >= 0.3 is 0 Å². The SMILES string of the molecule is O=C(CCSc1ccccc1Cl)NCCCN1CCCCCC1=O. The number of rotatable bonds is 8. The van der Waals surface area contributed by atoms with Crippen molar-refractivity contribution in [3.63, 3.8) is 0 Å². The number of amides is 2. The maximum atomic E-state index is 11.9. The number of carbonyl (C=O) groups is 2. The first-order valence-corrected chi connectivity index (χ1v) is 9.95. The molecule has 0 aromatic heterocycles. The maximum absolute atomic E-state index is 11.9. The summed E-state index contributed by atoms with van der Waals surface area (Å²) < 4.78 is 0. The second kappa shape index (κ2) is 10.6. The maximum Gasteiger partial charge on any atom is 0.222 e. The molecule has 0 radical (unpaired) electrons. The fraction of sp³-hybridized carbons (Fsp3) is 0.556. The van der Waals surface area contributed by atoms with Crippen molar-refractivity contribution in [2.24, 2.45) is 0 Å². The number of hydrogen-bond acceptors (Lipinski definition) is 3. The van der Waals surface area contributed by atoms with Crippen LogP contribution in [0, 0.1) is 0 Å². The molecule has 1 saturated heterocycles. The minimum Gasteiger partial charge on any atom is -0.356 e. The third-order valence-corrected chi connectivity index (χ3v) is 5.54. The Hall–Kier alpha value is -1.20. The smallest absolute Gasteiger partial charge is 0.222 e. The summed E-state index contributed by atoms with van der Waals surface area (Å²) in [5.41, 5.74) is 0. The van der Waals surface area contributed by atoms with E-state index in [2.05, 4.69) is 5.32 Å². The van der Waals surface area contributed by atoms with Crippen LogP contribution in [0.3, 0.4) is 0 Å². The van der Waals surface area contributed by atoms with Crippen molar-refractivity contribution >= 4 is 35.2 Å². The van der Waals surface area contributed by atoms with Crippen LogP contribution in [0.2, 0.25) is 5.02 Å². The molecule has 1 heterocycles. The van der Waals surface area contributed by atoms with Crippen molar-refractivity contribution in [2.45, 2.75) is 43.4 Å². The Bertz CT molecular complexity index is 554. The van der Waals surface area contributed by atoms with E-state index < -0.39 is 0 Å². The summed E-state index contributed by atoms with van der Waals surface area (Å²) in [5.74, 6) is 1.02. The molecule has 6 heteroatoms. The number of benzene rings is 1. The summed E-state index contributed by atoms with van der Waals surface area (Å²) in [7, 11) is 0. The molecule has 0 aliphatic carbocycles. The minimum atomic E-state index is 0.0525. The zero-order chi connectivity index (χ0) is 17.2. The van der Waals surface area contributed by atoms with E-state index in [1.54, 1.807) is 11.8 Å². The van der Waals surface area contributed by atoms with Crippen LogP contribution in [0.1, 0.15) is 38.5 Å². The van der Waals surface area contributed by atoms with Gasteiger partial charge in [0.1, 0.15) is 0 Å². The van der Waals surface area contributed by atoms with Crippen molar-refractivity contribution < 1.29 is 9.59 Å². The fourth-order valence-electron chi connectivity index (χ4n) is 2.68. The van der Waals surface area contributed by atoms with Gasteiger partial charge in [-0.2, -0.15) is 0 Å². The van der Waals surface area contributed by atoms with E-state index in [0.717, 1.165) is 48.7 Å². The van der Waals surface area contributed by atoms with E-state index in [4.69, 9.17) is 11.6 Å². The van der Waals surface area contributed by atoms with E-state index in [1.807, 2.05) is 29.2 Å². The molecule has 0 spiro atoms. The highest BCUT2D eigenvalue weighted by atomic mass is 35.5. The summed E-state index contributed by atoms with van der Waals surface area (Å²) in [4.78, 5) is 26.7. The van der Waals surface area contributed by atoms with E-state index >= 15 is 0 Å². The normalized spacial score (nSPS) is 15.2. The van der Waals surface area contributed by atoms with Gasteiger partial charge in [0.25, 0.3) is 0 Å². The zero-order valence-corrected chi connectivity index (χ0v) is 15.5. The van der Waals surface area contributed by atoms with Gasteiger partial charge in [0.05, 0.1) is 5.02 Å². The molecular formula is C18H25ClN2O2S. The first-order chi connectivity index (χ1) is 11.7. The number of halogens is 1. The molecule has 132 valence electrons. The molecule has 0 unspecified atom stereocenters. The number of nitrogens with one attached hydrogen (secondary N) is 1. The van der Waals surface area contributed by atoms with Crippen molar-refractivity contribution in [2.75, 3.05) is 25.4 Å². The van der Waals surface area contributed by atoms with Crippen molar-refractivity contribution in [1.29, 1.82) is 0 Å². The van der Waals surface area contributed by atoms with Crippen LogP contribution >= 0.6 is 23.4 Å². The first kappa shape index (κ1) is 19.1. The lowest BCUT2D eigenvalue weighted by molar-refractivity contribution is -0.130. The van der Waals surface area contributed by atoms with Crippen molar-refractivity contribution in [1.82, 2.24) is 10.2 Å². The highest BCUT2D eigenvalue weighted by Gasteiger charge is 2.15. The average Bonchev–Trinajstić information content (AvgIpc) is 2.78. The van der Waals surface area contributed by atoms with Gasteiger partial charge in [-0.25, -0.2) is 0 Å². The molecule has 4 nitrogen and oxygen atoms in total. The summed E-state index contributed by atoms with van der Waals surface area (Å²) >= 11 is 7.68. The Morgan fingerprint density at radius 3 is 2.92 bits per heavy atom. The lowest BCUT2D eigenvalue weighted by Gasteiger charge is -2.20. The average molecular weight is 369 g/mol. The molecule has 24 heavy (non-hydrogen) atoms. The van der Waals surface area contributed by atoms with Gasteiger partial charge in [-0.05, 0) is 31.4 Å². The van der Waals surface area contributed by atoms with Gasteiger partial charge < -0.3 is 10.2 Å². The molecule has 0 saturated carbocycles. The van der Waals surface area contributed by atoms with Gasteiger partial charge in [-0.15, -0.1) is 11.8 Å². The molecular weight excluding hydrogens is 344 g/mol. The highest BCUT2D eigenvalue weighted by Crippen LogP contribution is 2.26. The number of hydrogen-bond donors (Lipinski definition) is 1. The van der Waals surface area contributed by atoms with Crippen LogP contribution in [-0.4, -0.2) is 42.1 Å². The third-order valence-electron chi connectivity index (χ3n) is 4.02. The van der Waals surface area contributed by atoms with Gasteiger partial charge in [0.15, 0.2) is 0 Å². The van der Waals surface area contributed by atoms with Crippen LogP contribution in [0.4, 0.5) is 0 Å². The molecule has 2 rings (SSSR count). The molecule has 2 amide bonds. The van der Waals surface area contributed by atoms with E-state index in [0.29, 0.717) is 25.1 Å². The van der Waals surface area contributed by atoms with Crippen LogP contribution in [-0.2, 0) is 9.59 Å². The number of likely N-dealkylation sites (tertiary alicyclic amines) is 1. The molecule has 1 fully saturated rings. The molecule has 0 atom stereocenters. The molecule has 1 aliphatic heterocycles. The van der Waals surface area contributed by atoms with Gasteiger partial charge in [0, 0.05) is 43.1 Å². The van der Waals surface area contributed by atoms with Gasteiger partial charge in [-0.1, -0.05) is 30.2 Å². The molecule has 1 aromatic carbocycles. The highest BCUT2D eigenvalue weighted by molar-refractivity contribution is 7.99. The number of nitrogens with zero attached hydrogens (tertiary/aromatic N) is 1. The predicted octanol–water partition coefficient (Wildman–Crippen LogP) is 3.73. The second-order valence-electron chi connectivity index (χ2n) is 5.92. The van der Waals surface area contributed by atoms with Crippen LogP contribution in [0.15, 0.2) is 29.2 Å². The van der Waals surface area contributed by atoms with E-state index in [-0.39, 0.29) is 11.8 Å². The van der Waals surface area contributed by atoms with Gasteiger partial charge in [0.2, 0.25) is 11.8 Å². The quantitative estimate of drug-likeness (QED) is 0.561. The van der Waals surface area contributed by atoms with Gasteiger partial charge in [-0.3, -0.25) is 9.59 Å². The zero-order valence-electron chi connectivity index (χ0n) is 13.9. The van der Waals surface area contributed by atoms with Crippen molar-refractivity contribution in [3.05, 3.63) is 29.3 Å². The van der Waals surface area contributed by atoms with Crippen molar-refractivity contribution in [3.8, 4) is 0 Å². The fourth-order valence-corrected chi connectivity index (χ4v) is 3.86. The Kier molecular flexibility index (Phi) is 8.47. The molecule has 1 N–H and O–H groups in total. The van der Waals surface area contributed by atoms with E-state index in [1.165, 1.54) is 0 Å². The van der Waals surface area contributed by atoms with Crippen LogP contribution in [0.25, 0.3) is 0 Å². The first-order valence-electron chi connectivity index (χ1n) is 8.58. The topological polar surface area (TPSA) is 49.4 Å². The summed E-state index contributed by atoms with van der Waals surface area (Å²) in [5, 5.41) is 3.66. The van der Waals surface area contributed by atoms with Crippen LogP contribution in [0.5, 0.6) is 0 Å². The lowest BCUT2D eigenvalue weighted by Crippen LogP contribution is -2.34. The molecule has 0 bridgehead atoms.